The van der Waals surface area contributed by atoms with Gasteiger partial charge in [-0.25, -0.2) is 0 Å². The summed E-state index contributed by atoms with van der Waals surface area (Å²) in [6, 6.07) is 5.84. The number of carbonyl (C=O) groups is 1. The van der Waals surface area contributed by atoms with E-state index in [0.29, 0.717) is 5.56 Å². The minimum absolute atomic E-state index is 0.0308. The summed E-state index contributed by atoms with van der Waals surface area (Å²) in [5.41, 5.74) is 1.76. The normalized spacial score (nSPS) is 23.7. The molecule has 1 saturated heterocycles. The molecule has 0 radical (unpaired) electrons. The fourth-order valence-corrected chi connectivity index (χ4v) is 2.65. The van der Waals surface area contributed by atoms with Crippen molar-refractivity contribution in [3.05, 3.63) is 33.8 Å². The monoisotopic (exact) mass is 297 g/mol. The van der Waals surface area contributed by atoms with E-state index in [1.807, 2.05) is 32.0 Å². The third-order valence-electron chi connectivity index (χ3n) is 3.00. The molecule has 1 aromatic carbocycles. The van der Waals surface area contributed by atoms with Crippen molar-refractivity contribution in [1.82, 2.24) is 5.32 Å². The van der Waals surface area contributed by atoms with Crippen LogP contribution in [0.4, 0.5) is 0 Å². The van der Waals surface area contributed by atoms with Gasteiger partial charge in [-0.1, -0.05) is 15.9 Å². The van der Waals surface area contributed by atoms with E-state index in [4.69, 9.17) is 4.74 Å². The Bertz CT molecular complexity index is 413. The predicted molar refractivity (Wildman–Crippen MR) is 70.2 cm³/mol. The number of rotatable bonds is 2. The third kappa shape index (κ3) is 3.07. The summed E-state index contributed by atoms with van der Waals surface area (Å²) in [6.07, 6.45) is 0.993. The lowest BCUT2D eigenvalue weighted by molar-refractivity contribution is 0.0866. The molecule has 0 bridgehead atoms. The molecule has 0 unspecified atom stereocenters. The van der Waals surface area contributed by atoms with Crippen molar-refractivity contribution in [1.29, 1.82) is 0 Å². The highest BCUT2D eigenvalue weighted by atomic mass is 79.9. The smallest absolute Gasteiger partial charge is 0.251 e. The average molecular weight is 298 g/mol. The lowest BCUT2D eigenvalue weighted by atomic mass is 10.1. The first-order valence-electron chi connectivity index (χ1n) is 5.76. The van der Waals surface area contributed by atoms with Crippen molar-refractivity contribution in [3.8, 4) is 0 Å². The Kier molecular flexibility index (Phi) is 3.84. The molecule has 4 heteroatoms. The van der Waals surface area contributed by atoms with Crippen LogP contribution in [0.25, 0.3) is 0 Å². The summed E-state index contributed by atoms with van der Waals surface area (Å²) in [7, 11) is 0. The Labute approximate surface area is 110 Å². The van der Waals surface area contributed by atoms with Gasteiger partial charge in [-0.2, -0.15) is 0 Å². The highest BCUT2D eigenvalue weighted by molar-refractivity contribution is 9.10. The molecule has 92 valence electrons. The number of ether oxygens (including phenoxy) is 1. The van der Waals surface area contributed by atoms with E-state index in [1.54, 1.807) is 0 Å². The topological polar surface area (TPSA) is 38.3 Å². The van der Waals surface area contributed by atoms with Crippen molar-refractivity contribution >= 4 is 21.8 Å². The molecule has 17 heavy (non-hydrogen) atoms. The van der Waals surface area contributed by atoms with Crippen LogP contribution in [0.15, 0.2) is 22.7 Å². The minimum Gasteiger partial charge on any atom is -0.376 e. The molecule has 1 heterocycles. The standard InChI is InChI=1S/C13H16BrNO2/c1-8-5-10(7-11(14)6-8)13(16)15-12-3-4-17-9(12)2/h5-7,9,12H,3-4H2,1-2H3,(H,15,16)/t9-,12-/m0/s1. The van der Waals surface area contributed by atoms with E-state index in [0.717, 1.165) is 23.1 Å². The first-order chi connectivity index (χ1) is 8.06. The quantitative estimate of drug-likeness (QED) is 0.911. The van der Waals surface area contributed by atoms with E-state index in [-0.39, 0.29) is 18.1 Å². The number of carbonyl (C=O) groups excluding carboxylic acids is 1. The van der Waals surface area contributed by atoms with Crippen molar-refractivity contribution < 1.29 is 9.53 Å². The second-order valence-electron chi connectivity index (χ2n) is 4.46. The molecule has 1 amide bonds. The molecule has 1 aliphatic rings. The van der Waals surface area contributed by atoms with Gasteiger partial charge in [-0.15, -0.1) is 0 Å². The molecule has 0 aromatic heterocycles. The fourth-order valence-electron chi connectivity index (χ4n) is 2.04. The van der Waals surface area contributed by atoms with Crippen molar-refractivity contribution in [3.63, 3.8) is 0 Å². The van der Waals surface area contributed by atoms with Gasteiger partial charge in [0.25, 0.3) is 5.91 Å². The van der Waals surface area contributed by atoms with E-state index in [2.05, 4.69) is 21.2 Å². The van der Waals surface area contributed by atoms with Crippen LogP contribution in [-0.2, 0) is 4.74 Å². The number of nitrogens with one attached hydrogen (secondary N) is 1. The van der Waals surface area contributed by atoms with Gasteiger partial charge in [0.2, 0.25) is 0 Å². The van der Waals surface area contributed by atoms with Gasteiger partial charge in [0, 0.05) is 16.6 Å². The highest BCUT2D eigenvalue weighted by Gasteiger charge is 2.25. The maximum absolute atomic E-state index is 12.1. The fraction of sp³-hybridized carbons (Fsp3) is 0.462. The van der Waals surface area contributed by atoms with Crippen LogP contribution in [0.1, 0.15) is 29.3 Å². The zero-order chi connectivity index (χ0) is 12.4. The number of aryl methyl sites for hydroxylation is 1. The maximum Gasteiger partial charge on any atom is 0.251 e. The lowest BCUT2D eigenvalue weighted by Gasteiger charge is -2.16. The van der Waals surface area contributed by atoms with Crippen LogP contribution in [-0.4, -0.2) is 24.7 Å². The zero-order valence-electron chi connectivity index (χ0n) is 10.00. The largest absolute Gasteiger partial charge is 0.376 e. The molecular formula is C13H16BrNO2. The Morgan fingerprint density at radius 2 is 2.24 bits per heavy atom. The van der Waals surface area contributed by atoms with E-state index in [9.17, 15) is 4.79 Å². The van der Waals surface area contributed by atoms with Crippen LogP contribution < -0.4 is 5.32 Å². The summed E-state index contributed by atoms with van der Waals surface area (Å²) in [5, 5.41) is 3.01. The Balaban J connectivity index is 2.09. The SMILES string of the molecule is Cc1cc(Br)cc(C(=O)N[C@H]2CCO[C@H]2C)c1. The summed E-state index contributed by atoms with van der Waals surface area (Å²) in [5.74, 6) is -0.0308. The zero-order valence-corrected chi connectivity index (χ0v) is 11.6. The van der Waals surface area contributed by atoms with E-state index < -0.39 is 0 Å². The molecule has 1 aromatic rings. The van der Waals surface area contributed by atoms with Gasteiger partial charge in [-0.05, 0) is 44.0 Å². The average Bonchev–Trinajstić information content (AvgIpc) is 2.63. The maximum atomic E-state index is 12.1. The van der Waals surface area contributed by atoms with Crippen molar-refractivity contribution in [2.75, 3.05) is 6.61 Å². The van der Waals surface area contributed by atoms with Gasteiger partial charge < -0.3 is 10.1 Å². The second kappa shape index (κ2) is 5.19. The molecule has 0 spiro atoms. The van der Waals surface area contributed by atoms with Gasteiger partial charge in [0.05, 0.1) is 12.1 Å². The number of amides is 1. The van der Waals surface area contributed by atoms with Crippen LogP contribution in [0, 0.1) is 6.92 Å². The molecule has 1 N–H and O–H groups in total. The summed E-state index contributed by atoms with van der Waals surface area (Å²) in [6.45, 7) is 4.69. The Hall–Kier alpha value is -0.870. The highest BCUT2D eigenvalue weighted by Crippen LogP contribution is 2.17. The summed E-state index contributed by atoms with van der Waals surface area (Å²) >= 11 is 3.40. The number of benzene rings is 1. The van der Waals surface area contributed by atoms with Crippen LogP contribution in [0.2, 0.25) is 0 Å². The Morgan fingerprint density at radius 3 is 2.82 bits per heavy atom. The number of halogens is 1. The minimum atomic E-state index is -0.0308. The van der Waals surface area contributed by atoms with Gasteiger partial charge >= 0.3 is 0 Å². The molecule has 1 fully saturated rings. The van der Waals surface area contributed by atoms with E-state index in [1.165, 1.54) is 0 Å². The molecule has 1 aliphatic heterocycles. The van der Waals surface area contributed by atoms with Crippen molar-refractivity contribution in [2.24, 2.45) is 0 Å². The molecular weight excluding hydrogens is 282 g/mol. The van der Waals surface area contributed by atoms with Gasteiger partial charge in [-0.3, -0.25) is 4.79 Å². The summed E-state index contributed by atoms with van der Waals surface area (Å²) < 4.78 is 6.35. The summed E-state index contributed by atoms with van der Waals surface area (Å²) in [4.78, 5) is 12.1. The van der Waals surface area contributed by atoms with Crippen LogP contribution in [0.3, 0.4) is 0 Å². The third-order valence-corrected chi connectivity index (χ3v) is 3.45. The van der Waals surface area contributed by atoms with Crippen molar-refractivity contribution in [2.45, 2.75) is 32.4 Å². The molecule has 2 atom stereocenters. The first kappa shape index (κ1) is 12.6. The van der Waals surface area contributed by atoms with Gasteiger partial charge in [0.15, 0.2) is 0 Å². The Morgan fingerprint density at radius 1 is 1.47 bits per heavy atom. The molecule has 0 aliphatic carbocycles. The predicted octanol–water partition coefficient (Wildman–Crippen LogP) is 2.66. The molecule has 0 saturated carbocycles. The number of hydrogen-bond donors (Lipinski definition) is 1. The van der Waals surface area contributed by atoms with Crippen LogP contribution >= 0.6 is 15.9 Å². The van der Waals surface area contributed by atoms with Gasteiger partial charge in [0.1, 0.15) is 0 Å². The molecule has 2 rings (SSSR count). The molecule has 3 nitrogen and oxygen atoms in total. The first-order valence-corrected chi connectivity index (χ1v) is 6.55. The van der Waals surface area contributed by atoms with E-state index >= 15 is 0 Å². The lowest BCUT2D eigenvalue weighted by Crippen LogP contribution is -2.39. The van der Waals surface area contributed by atoms with Crippen LogP contribution in [0.5, 0.6) is 0 Å². The number of hydrogen-bond acceptors (Lipinski definition) is 2. The second-order valence-corrected chi connectivity index (χ2v) is 5.38.